The molecule has 1 spiro atoms. The van der Waals surface area contributed by atoms with E-state index in [1.54, 1.807) is 0 Å². The molecule has 7 heteroatoms. The van der Waals surface area contributed by atoms with E-state index < -0.39 is 15.7 Å². The van der Waals surface area contributed by atoms with E-state index >= 15 is 0 Å². The van der Waals surface area contributed by atoms with Crippen LogP contribution in [0.2, 0.25) is 0 Å². The van der Waals surface area contributed by atoms with E-state index in [-0.39, 0.29) is 11.0 Å². The van der Waals surface area contributed by atoms with Gasteiger partial charge in [-0.3, -0.25) is 9.36 Å². The number of aryl methyl sites for hydroxylation is 1. The van der Waals surface area contributed by atoms with Gasteiger partial charge in [-0.05, 0) is 65.2 Å². The number of rotatable bonds is 2. The fourth-order valence-corrected chi connectivity index (χ4v) is 4.71. The highest BCUT2D eigenvalue weighted by atomic mass is 32.2. The third kappa shape index (κ3) is 3.05. The van der Waals surface area contributed by atoms with Gasteiger partial charge in [-0.1, -0.05) is 0 Å². The van der Waals surface area contributed by atoms with Crippen LogP contribution in [-0.4, -0.2) is 37.4 Å². The first-order valence-corrected chi connectivity index (χ1v) is 10.8. The van der Waals surface area contributed by atoms with Crippen molar-refractivity contribution in [3.8, 4) is 0 Å². The topological polar surface area (TPSA) is 73.5 Å². The highest BCUT2D eigenvalue weighted by Crippen LogP contribution is 2.40. The molecular weight excluding hydrogens is 374 g/mol. The molecule has 2 atom stereocenters. The van der Waals surface area contributed by atoms with Crippen molar-refractivity contribution in [2.45, 2.75) is 64.2 Å². The first kappa shape index (κ1) is 19.5. The Balaban J connectivity index is 1.96. The lowest BCUT2D eigenvalue weighted by Crippen LogP contribution is -2.29. The van der Waals surface area contributed by atoms with Gasteiger partial charge in [-0.25, -0.2) is 9.19 Å². The summed E-state index contributed by atoms with van der Waals surface area (Å²) >= 11 is 0. The van der Waals surface area contributed by atoms with Gasteiger partial charge < -0.3 is 4.74 Å². The van der Waals surface area contributed by atoms with Gasteiger partial charge in [0.15, 0.2) is 0 Å². The van der Waals surface area contributed by atoms with Crippen molar-refractivity contribution in [3.63, 3.8) is 0 Å². The molecule has 3 heterocycles. The number of aromatic nitrogens is 2. The molecule has 2 aromatic rings. The van der Waals surface area contributed by atoms with Crippen LogP contribution in [0, 0.1) is 6.92 Å². The lowest BCUT2D eigenvalue weighted by atomic mass is 9.85. The molecule has 1 saturated heterocycles. The predicted octanol–water partition coefficient (Wildman–Crippen LogP) is 3.04. The molecule has 0 saturated carbocycles. The number of hydrogen-bond acceptors (Lipinski definition) is 4. The Labute approximate surface area is 167 Å². The Bertz CT molecular complexity index is 1070. The summed E-state index contributed by atoms with van der Waals surface area (Å²) < 4.78 is 24.0. The third-order valence-electron chi connectivity index (χ3n) is 5.73. The predicted molar refractivity (Wildman–Crippen MR) is 113 cm³/mol. The average molecular weight is 402 g/mol. The van der Waals surface area contributed by atoms with Crippen LogP contribution in [0.15, 0.2) is 21.3 Å². The minimum Gasteiger partial charge on any atom is -0.380 e. The molecule has 0 radical (unpaired) electrons. The first-order valence-electron chi connectivity index (χ1n) is 9.73. The fraction of sp³-hybridized carbons (Fsp3) is 0.571. The Hall–Kier alpha value is -1.86. The van der Waals surface area contributed by atoms with E-state index in [2.05, 4.69) is 4.40 Å². The van der Waals surface area contributed by atoms with E-state index in [0.29, 0.717) is 36.4 Å². The maximum Gasteiger partial charge on any atom is 0.261 e. The monoisotopic (exact) mass is 401 g/mol. The summed E-state index contributed by atoms with van der Waals surface area (Å²) in [5.74, 6) is 0.831. The van der Waals surface area contributed by atoms with Crippen molar-refractivity contribution in [2.24, 2.45) is 4.40 Å². The van der Waals surface area contributed by atoms with Crippen molar-refractivity contribution >= 4 is 27.6 Å². The molecular formula is C21H27N3O3S. The number of benzene rings is 1. The largest absolute Gasteiger partial charge is 0.380 e. The minimum absolute atomic E-state index is 0.00142. The molecule has 1 aromatic carbocycles. The van der Waals surface area contributed by atoms with Crippen molar-refractivity contribution in [1.82, 2.24) is 9.55 Å². The molecule has 1 fully saturated rings. The van der Waals surface area contributed by atoms with Crippen LogP contribution in [0.4, 0.5) is 0 Å². The summed E-state index contributed by atoms with van der Waals surface area (Å²) in [5.41, 5.74) is 2.90. The summed E-state index contributed by atoms with van der Waals surface area (Å²) in [4.78, 5) is 18.2. The molecule has 1 unspecified atom stereocenters. The van der Waals surface area contributed by atoms with Gasteiger partial charge >= 0.3 is 0 Å². The average Bonchev–Trinajstić information content (AvgIpc) is 3.23. The zero-order valence-corrected chi connectivity index (χ0v) is 18.0. The molecule has 150 valence electrons. The summed E-state index contributed by atoms with van der Waals surface area (Å²) in [6.45, 7) is 11.5. The molecule has 2 aliphatic heterocycles. The summed E-state index contributed by atoms with van der Waals surface area (Å²) in [5, 5.41) is 0.603. The van der Waals surface area contributed by atoms with Crippen molar-refractivity contribution in [3.05, 3.63) is 39.4 Å². The second-order valence-electron chi connectivity index (χ2n) is 8.97. The van der Waals surface area contributed by atoms with Crippen LogP contribution in [0.5, 0.6) is 0 Å². The molecule has 4 rings (SSSR count). The standard InChI is InChI=1S/C21H27N3O3S/c1-13-10-15(14(2)23-28(26)20(3,4)5)17-16(11-13)18(25)24-8-6-21(19(24)22-17)7-9-27-12-21/h10-11H,6-9,12H2,1-5H3/t21?,28-/m1/s1. The quantitative estimate of drug-likeness (QED) is 0.725. The van der Waals surface area contributed by atoms with E-state index in [0.717, 1.165) is 29.8 Å². The van der Waals surface area contributed by atoms with Gasteiger partial charge in [-0.2, -0.15) is 4.40 Å². The van der Waals surface area contributed by atoms with Crippen LogP contribution < -0.4 is 5.56 Å². The molecule has 6 nitrogen and oxygen atoms in total. The Kier molecular flexibility index (Phi) is 4.58. The highest BCUT2D eigenvalue weighted by molar-refractivity contribution is 7.85. The highest BCUT2D eigenvalue weighted by Gasteiger charge is 2.44. The molecule has 0 aliphatic carbocycles. The Morgan fingerprint density at radius 3 is 2.71 bits per heavy atom. The van der Waals surface area contributed by atoms with Crippen molar-refractivity contribution in [2.75, 3.05) is 13.2 Å². The van der Waals surface area contributed by atoms with Gasteiger partial charge in [0.2, 0.25) is 0 Å². The van der Waals surface area contributed by atoms with Crippen LogP contribution in [0.3, 0.4) is 0 Å². The molecule has 28 heavy (non-hydrogen) atoms. The van der Waals surface area contributed by atoms with Crippen LogP contribution >= 0.6 is 0 Å². The van der Waals surface area contributed by atoms with Crippen molar-refractivity contribution < 1.29 is 8.95 Å². The maximum atomic E-state index is 13.3. The van der Waals surface area contributed by atoms with E-state index in [4.69, 9.17) is 9.72 Å². The Morgan fingerprint density at radius 2 is 2.07 bits per heavy atom. The smallest absolute Gasteiger partial charge is 0.261 e. The zero-order valence-electron chi connectivity index (χ0n) is 17.2. The molecule has 2 aliphatic rings. The van der Waals surface area contributed by atoms with Gasteiger partial charge in [0.25, 0.3) is 5.56 Å². The minimum atomic E-state index is -1.37. The van der Waals surface area contributed by atoms with E-state index in [1.165, 1.54) is 0 Å². The second kappa shape index (κ2) is 6.59. The van der Waals surface area contributed by atoms with Crippen molar-refractivity contribution in [1.29, 1.82) is 0 Å². The lowest BCUT2D eigenvalue weighted by molar-refractivity contribution is 0.176. The van der Waals surface area contributed by atoms with E-state index in [1.807, 2.05) is 51.3 Å². The summed E-state index contributed by atoms with van der Waals surface area (Å²) in [6.07, 6.45) is 1.79. The molecule has 0 amide bonds. The fourth-order valence-electron chi connectivity index (χ4n) is 4.09. The molecule has 0 N–H and O–H groups in total. The number of ether oxygens (including phenoxy) is 1. The zero-order chi connectivity index (χ0) is 20.3. The van der Waals surface area contributed by atoms with Gasteiger partial charge in [0, 0.05) is 18.7 Å². The van der Waals surface area contributed by atoms with E-state index in [9.17, 15) is 9.00 Å². The maximum absolute atomic E-state index is 13.3. The van der Waals surface area contributed by atoms with Crippen LogP contribution in [0.1, 0.15) is 57.5 Å². The first-order chi connectivity index (χ1) is 13.1. The van der Waals surface area contributed by atoms with Crippen LogP contribution in [-0.2, 0) is 27.7 Å². The summed E-state index contributed by atoms with van der Waals surface area (Å²) in [6, 6.07) is 3.88. The summed E-state index contributed by atoms with van der Waals surface area (Å²) in [7, 11) is -1.37. The Morgan fingerprint density at radius 1 is 1.32 bits per heavy atom. The second-order valence-corrected chi connectivity index (χ2v) is 10.9. The number of fused-ring (bicyclic) bond motifs is 3. The number of nitrogens with zero attached hydrogens (tertiary/aromatic N) is 3. The molecule has 1 aromatic heterocycles. The number of hydrogen-bond donors (Lipinski definition) is 0. The van der Waals surface area contributed by atoms with Gasteiger partial charge in [0.05, 0.1) is 33.4 Å². The molecule has 0 bridgehead atoms. The third-order valence-corrected chi connectivity index (χ3v) is 7.22. The normalized spacial score (nSPS) is 23.5. The van der Waals surface area contributed by atoms with Gasteiger partial charge in [-0.15, -0.1) is 0 Å². The lowest BCUT2D eigenvalue weighted by Gasteiger charge is -2.21. The van der Waals surface area contributed by atoms with Gasteiger partial charge in [0.1, 0.15) is 16.8 Å². The SMILES string of the molecule is CC(=N[S@](=O)C(C)(C)C)c1cc(C)cc2c(=O)n3c(nc12)C1(CCOC1)CC3. The van der Waals surface area contributed by atoms with Crippen LogP contribution in [0.25, 0.3) is 10.9 Å².